The summed E-state index contributed by atoms with van der Waals surface area (Å²) in [6, 6.07) is 15.1. The van der Waals surface area contributed by atoms with Gasteiger partial charge in [-0.05, 0) is 24.1 Å². The number of carbonyl (C=O) groups is 1. The van der Waals surface area contributed by atoms with Crippen LogP contribution in [-0.4, -0.2) is 40.2 Å². The third-order valence-corrected chi connectivity index (χ3v) is 3.84. The zero-order valence-corrected chi connectivity index (χ0v) is 14.0. The normalized spacial score (nSPS) is 11.9. The van der Waals surface area contributed by atoms with Gasteiger partial charge in [0.1, 0.15) is 6.61 Å². The lowest BCUT2D eigenvalue weighted by molar-refractivity contribution is -0.140. The molecule has 5 heteroatoms. The topological polar surface area (TPSA) is 62.7 Å². The average molecular weight is 328 g/mol. The molecule has 0 bridgehead atoms. The Labute approximate surface area is 142 Å². The Morgan fingerprint density at radius 1 is 1.21 bits per heavy atom. The van der Waals surface area contributed by atoms with Crippen LogP contribution < -0.4 is 0 Å². The van der Waals surface area contributed by atoms with Gasteiger partial charge < -0.3 is 14.7 Å². The molecule has 0 radical (unpaired) electrons. The van der Waals surface area contributed by atoms with Gasteiger partial charge >= 0.3 is 0 Å². The van der Waals surface area contributed by atoms with Crippen molar-refractivity contribution in [2.75, 3.05) is 13.2 Å². The van der Waals surface area contributed by atoms with Crippen molar-refractivity contribution in [3.05, 3.63) is 66.0 Å². The van der Waals surface area contributed by atoms with Gasteiger partial charge in [0.25, 0.3) is 0 Å². The summed E-state index contributed by atoms with van der Waals surface area (Å²) in [5.41, 5.74) is 1.82. The quantitative estimate of drug-likeness (QED) is 0.768. The zero-order valence-electron chi connectivity index (χ0n) is 14.0. The molecule has 0 saturated carbocycles. The van der Waals surface area contributed by atoms with Crippen molar-refractivity contribution in [1.82, 2.24) is 9.88 Å². The molecule has 5 nitrogen and oxygen atoms in total. The molecule has 1 atom stereocenters. The summed E-state index contributed by atoms with van der Waals surface area (Å²) in [6.45, 7) is 2.61. The summed E-state index contributed by atoms with van der Waals surface area (Å²) in [5.74, 6) is -0.141. The van der Waals surface area contributed by atoms with E-state index in [0.717, 1.165) is 11.3 Å². The largest absolute Gasteiger partial charge is 0.394 e. The number of hydrogen-bond donors (Lipinski definition) is 1. The second kappa shape index (κ2) is 9.80. The van der Waals surface area contributed by atoms with Gasteiger partial charge in [0.2, 0.25) is 5.91 Å². The average Bonchev–Trinajstić information content (AvgIpc) is 2.63. The Bertz CT molecular complexity index is 601. The number of benzene rings is 1. The summed E-state index contributed by atoms with van der Waals surface area (Å²) in [4.78, 5) is 18.5. The van der Waals surface area contributed by atoms with Crippen LogP contribution in [0.3, 0.4) is 0 Å². The Morgan fingerprint density at radius 2 is 1.96 bits per heavy atom. The van der Waals surface area contributed by atoms with E-state index in [0.29, 0.717) is 19.6 Å². The number of hydrogen-bond acceptors (Lipinski definition) is 4. The van der Waals surface area contributed by atoms with Gasteiger partial charge in [0, 0.05) is 6.20 Å². The first kappa shape index (κ1) is 18.1. The Balaban J connectivity index is 1.96. The number of aliphatic hydroxyl groups is 1. The van der Waals surface area contributed by atoms with E-state index in [1.807, 2.05) is 55.5 Å². The highest BCUT2D eigenvalue weighted by atomic mass is 16.5. The molecule has 0 aliphatic heterocycles. The summed E-state index contributed by atoms with van der Waals surface area (Å²) >= 11 is 0. The van der Waals surface area contributed by atoms with Gasteiger partial charge in [0.05, 0.1) is 31.5 Å². The molecule has 0 spiro atoms. The molecule has 1 aromatic heterocycles. The van der Waals surface area contributed by atoms with Crippen LogP contribution in [0.4, 0.5) is 0 Å². The molecule has 0 fully saturated rings. The molecule has 0 saturated heterocycles. The first-order chi connectivity index (χ1) is 11.7. The molecule has 2 rings (SSSR count). The molecule has 24 heavy (non-hydrogen) atoms. The van der Waals surface area contributed by atoms with E-state index in [9.17, 15) is 9.90 Å². The smallest absolute Gasteiger partial charge is 0.249 e. The summed E-state index contributed by atoms with van der Waals surface area (Å²) in [5, 5.41) is 9.57. The van der Waals surface area contributed by atoms with Crippen molar-refractivity contribution < 1.29 is 14.6 Å². The molecule has 1 amide bonds. The van der Waals surface area contributed by atoms with E-state index in [2.05, 4.69) is 4.98 Å². The van der Waals surface area contributed by atoms with Gasteiger partial charge in [-0.25, -0.2) is 0 Å². The van der Waals surface area contributed by atoms with Crippen molar-refractivity contribution in [2.24, 2.45) is 0 Å². The number of amides is 1. The fourth-order valence-electron chi connectivity index (χ4n) is 2.45. The van der Waals surface area contributed by atoms with Crippen LogP contribution >= 0.6 is 0 Å². The predicted octanol–water partition coefficient (Wildman–Crippen LogP) is 2.40. The Morgan fingerprint density at radius 3 is 2.58 bits per heavy atom. The maximum Gasteiger partial charge on any atom is 0.249 e. The van der Waals surface area contributed by atoms with Gasteiger partial charge in [-0.15, -0.1) is 0 Å². The number of nitrogens with zero attached hydrogens (tertiary/aromatic N) is 2. The van der Waals surface area contributed by atoms with Crippen LogP contribution in [0, 0.1) is 0 Å². The standard InChI is InChI=1S/C19H24N2O3/c1-2-18(13-22)21(12-17-10-6-7-11-20-17)19(23)15-24-14-16-8-4-3-5-9-16/h3-11,18,22H,2,12-15H2,1H3/t18-/m0/s1. The first-order valence-corrected chi connectivity index (χ1v) is 8.16. The molecule has 0 unspecified atom stereocenters. The molecule has 2 aromatic rings. The monoisotopic (exact) mass is 328 g/mol. The summed E-state index contributed by atoms with van der Waals surface area (Å²) < 4.78 is 5.55. The first-order valence-electron chi connectivity index (χ1n) is 8.16. The predicted molar refractivity (Wildman–Crippen MR) is 92.0 cm³/mol. The Hall–Kier alpha value is -2.24. The van der Waals surface area contributed by atoms with Gasteiger partial charge in [-0.3, -0.25) is 9.78 Å². The summed E-state index contributed by atoms with van der Waals surface area (Å²) in [6.07, 6.45) is 2.37. The SMILES string of the molecule is CC[C@@H](CO)N(Cc1ccccn1)C(=O)COCc1ccccc1. The second-order valence-corrected chi connectivity index (χ2v) is 5.57. The highest BCUT2D eigenvalue weighted by Crippen LogP contribution is 2.10. The molecule has 0 aliphatic carbocycles. The minimum atomic E-state index is -0.236. The molecule has 1 N–H and O–H groups in total. The third-order valence-electron chi connectivity index (χ3n) is 3.84. The van der Waals surface area contributed by atoms with Crippen LogP contribution in [0.5, 0.6) is 0 Å². The minimum Gasteiger partial charge on any atom is -0.394 e. The third kappa shape index (κ3) is 5.44. The number of rotatable bonds is 9. The van der Waals surface area contributed by atoms with Gasteiger partial charge in [-0.2, -0.15) is 0 Å². The number of aliphatic hydroxyl groups excluding tert-OH is 1. The fourth-order valence-corrected chi connectivity index (χ4v) is 2.45. The maximum absolute atomic E-state index is 12.6. The minimum absolute atomic E-state index is 0.0156. The summed E-state index contributed by atoms with van der Waals surface area (Å²) in [7, 11) is 0. The van der Waals surface area contributed by atoms with Crippen molar-refractivity contribution in [3.8, 4) is 0 Å². The van der Waals surface area contributed by atoms with Crippen molar-refractivity contribution in [1.29, 1.82) is 0 Å². The molecule has 0 aliphatic rings. The van der Waals surface area contributed by atoms with Crippen LogP contribution in [0.2, 0.25) is 0 Å². The highest BCUT2D eigenvalue weighted by molar-refractivity contribution is 5.77. The van der Waals surface area contributed by atoms with E-state index >= 15 is 0 Å². The van der Waals surface area contributed by atoms with Crippen molar-refractivity contribution in [3.63, 3.8) is 0 Å². The van der Waals surface area contributed by atoms with Crippen LogP contribution in [0.1, 0.15) is 24.6 Å². The van der Waals surface area contributed by atoms with Crippen molar-refractivity contribution in [2.45, 2.75) is 32.5 Å². The van der Waals surface area contributed by atoms with E-state index in [4.69, 9.17) is 4.74 Å². The lowest BCUT2D eigenvalue weighted by atomic mass is 10.2. The van der Waals surface area contributed by atoms with E-state index < -0.39 is 0 Å². The van der Waals surface area contributed by atoms with E-state index in [1.165, 1.54) is 0 Å². The molecule has 1 heterocycles. The van der Waals surface area contributed by atoms with Crippen LogP contribution in [0.25, 0.3) is 0 Å². The van der Waals surface area contributed by atoms with Gasteiger partial charge in [0.15, 0.2) is 0 Å². The van der Waals surface area contributed by atoms with Crippen molar-refractivity contribution >= 4 is 5.91 Å². The number of aromatic nitrogens is 1. The highest BCUT2D eigenvalue weighted by Gasteiger charge is 2.22. The van der Waals surface area contributed by atoms with Gasteiger partial charge in [-0.1, -0.05) is 43.3 Å². The van der Waals surface area contributed by atoms with Crippen LogP contribution in [-0.2, 0) is 22.7 Å². The molecular weight excluding hydrogens is 304 g/mol. The number of carbonyl (C=O) groups excluding carboxylic acids is 1. The van der Waals surface area contributed by atoms with E-state index in [-0.39, 0.29) is 25.2 Å². The Kier molecular flexibility index (Phi) is 7.39. The van der Waals surface area contributed by atoms with E-state index in [1.54, 1.807) is 11.1 Å². The lowest BCUT2D eigenvalue weighted by Crippen LogP contribution is -2.43. The molecule has 128 valence electrons. The lowest BCUT2D eigenvalue weighted by Gasteiger charge is -2.29. The van der Waals surface area contributed by atoms with Crippen LogP contribution in [0.15, 0.2) is 54.7 Å². The maximum atomic E-state index is 12.6. The number of pyridine rings is 1. The molecular formula is C19H24N2O3. The molecule has 1 aromatic carbocycles. The fraction of sp³-hybridized carbons (Fsp3) is 0.368. The second-order valence-electron chi connectivity index (χ2n) is 5.57. The zero-order chi connectivity index (χ0) is 17.2. The number of ether oxygens (including phenoxy) is 1.